The number of para-hydroxylation sites is 1. The molecule has 1 aliphatic heterocycles. The van der Waals surface area contributed by atoms with E-state index in [1.54, 1.807) is 0 Å². The molecule has 0 fully saturated rings. The van der Waals surface area contributed by atoms with Gasteiger partial charge in [0.1, 0.15) is 11.3 Å². The summed E-state index contributed by atoms with van der Waals surface area (Å²) in [6, 6.07) is 51.3. The van der Waals surface area contributed by atoms with Gasteiger partial charge in [-0.1, -0.05) is 121 Å². The van der Waals surface area contributed by atoms with Gasteiger partial charge in [0.05, 0.1) is 11.2 Å². The van der Waals surface area contributed by atoms with E-state index in [0.717, 1.165) is 45.2 Å². The number of fused-ring (bicyclic) bond motifs is 4. The zero-order valence-corrected chi connectivity index (χ0v) is 22.7. The highest BCUT2D eigenvalue weighted by Crippen LogP contribution is 2.48. The first kappa shape index (κ1) is 23.1. The molecule has 3 heteroatoms. The highest BCUT2D eigenvalue weighted by Gasteiger charge is 2.26. The topological polar surface area (TPSA) is 27.1 Å². The van der Waals surface area contributed by atoms with Crippen molar-refractivity contribution in [1.82, 2.24) is 9.55 Å². The van der Waals surface area contributed by atoms with Crippen LogP contribution in [-0.4, -0.2) is 9.55 Å². The maximum atomic E-state index is 6.62. The number of benzene rings is 7. The van der Waals surface area contributed by atoms with Gasteiger partial charge in [0.2, 0.25) is 0 Å². The van der Waals surface area contributed by atoms with Crippen molar-refractivity contribution >= 4 is 32.6 Å². The molecule has 7 aromatic carbocycles. The van der Waals surface area contributed by atoms with E-state index in [9.17, 15) is 0 Å². The Morgan fingerprint density at radius 1 is 0.452 bits per heavy atom. The number of hydrogen-bond donors (Lipinski definition) is 0. The van der Waals surface area contributed by atoms with Crippen LogP contribution in [0.5, 0.6) is 11.5 Å². The second-order valence-corrected chi connectivity index (χ2v) is 10.8. The van der Waals surface area contributed by atoms with Gasteiger partial charge in [0.25, 0.3) is 0 Å². The molecule has 9 rings (SSSR count). The van der Waals surface area contributed by atoms with Crippen LogP contribution in [-0.2, 0) is 0 Å². The van der Waals surface area contributed by atoms with Gasteiger partial charge >= 0.3 is 0 Å². The number of ether oxygens (including phenoxy) is 1. The highest BCUT2D eigenvalue weighted by molar-refractivity contribution is 6.21. The lowest BCUT2D eigenvalue weighted by molar-refractivity contribution is 0.476. The van der Waals surface area contributed by atoms with Gasteiger partial charge in [-0.05, 0) is 68.1 Å². The van der Waals surface area contributed by atoms with E-state index in [2.05, 4.69) is 132 Å². The van der Waals surface area contributed by atoms with E-state index in [1.165, 1.54) is 38.2 Å². The second kappa shape index (κ2) is 8.92. The third kappa shape index (κ3) is 3.31. The van der Waals surface area contributed by atoms with Crippen molar-refractivity contribution in [3.8, 4) is 50.8 Å². The van der Waals surface area contributed by atoms with Crippen LogP contribution in [0.3, 0.4) is 0 Å². The van der Waals surface area contributed by atoms with Gasteiger partial charge < -0.3 is 4.74 Å². The summed E-state index contributed by atoms with van der Waals surface area (Å²) >= 11 is 0. The average Bonchev–Trinajstić information content (AvgIpc) is 3.45. The molecule has 1 aromatic heterocycles. The van der Waals surface area contributed by atoms with E-state index in [-0.39, 0.29) is 0 Å². The van der Waals surface area contributed by atoms with Crippen LogP contribution in [0, 0.1) is 0 Å². The van der Waals surface area contributed by atoms with E-state index >= 15 is 0 Å². The number of aromatic nitrogens is 2. The smallest absolute Gasteiger partial charge is 0.153 e. The molecule has 2 heterocycles. The van der Waals surface area contributed by atoms with Crippen molar-refractivity contribution in [2.24, 2.45) is 0 Å². The molecule has 0 unspecified atom stereocenters. The first-order chi connectivity index (χ1) is 20.8. The lowest BCUT2D eigenvalue weighted by Crippen LogP contribution is -2.06. The lowest BCUT2D eigenvalue weighted by Gasteiger charge is -2.23. The summed E-state index contributed by atoms with van der Waals surface area (Å²) in [6.07, 6.45) is 0. The third-order valence-corrected chi connectivity index (χ3v) is 8.37. The molecule has 0 radical (unpaired) electrons. The Labute approximate surface area is 242 Å². The van der Waals surface area contributed by atoms with Crippen molar-refractivity contribution in [3.63, 3.8) is 0 Å². The molecular formula is C39H24N2O. The SMILES string of the molecule is c1ccc(-c2c3ccccc3c(-c3ccc4c(c3)Oc3cccc5nc(-c6ccccc6)n-4c35)c3ccccc23)cc1. The normalized spacial score (nSPS) is 12.0. The highest BCUT2D eigenvalue weighted by atomic mass is 16.5. The Hall–Kier alpha value is -5.67. The number of nitrogens with zero attached hydrogens (tertiary/aromatic N) is 2. The molecule has 8 aromatic rings. The largest absolute Gasteiger partial charge is 0.453 e. The van der Waals surface area contributed by atoms with E-state index < -0.39 is 0 Å². The van der Waals surface area contributed by atoms with Crippen LogP contribution in [0.15, 0.2) is 146 Å². The molecule has 0 bridgehead atoms. The Balaban J connectivity index is 1.32. The van der Waals surface area contributed by atoms with Gasteiger partial charge in [-0.2, -0.15) is 0 Å². The zero-order chi connectivity index (χ0) is 27.6. The monoisotopic (exact) mass is 536 g/mol. The summed E-state index contributed by atoms with van der Waals surface area (Å²) in [5, 5.41) is 4.93. The van der Waals surface area contributed by atoms with E-state index in [1.807, 2.05) is 18.2 Å². The molecule has 0 spiro atoms. The Morgan fingerprint density at radius 2 is 1.02 bits per heavy atom. The number of rotatable bonds is 3. The zero-order valence-electron chi connectivity index (χ0n) is 22.7. The summed E-state index contributed by atoms with van der Waals surface area (Å²) < 4.78 is 8.86. The van der Waals surface area contributed by atoms with Crippen LogP contribution < -0.4 is 4.74 Å². The fourth-order valence-corrected chi connectivity index (χ4v) is 6.60. The Kier molecular flexibility index (Phi) is 4.90. The van der Waals surface area contributed by atoms with Gasteiger partial charge in [-0.25, -0.2) is 4.98 Å². The predicted molar refractivity (Wildman–Crippen MR) is 172 cm³/mol. The molecule has 0 atom stereocenters. The fraction of sp³-hybridized carbons (Fsp3) is 0. The van der Waals surface area contributed by atoms with Gasteiger partial charge in [-0.15, -0.1) is 0 Å². The van der Waals surface area contributed by atoms with Crippen molar-refractivity contribution in [3.05, 3.63) is 146 Å². The van der Waals surface area contributed by atoms with E-state index in [4.69, 9.17) is 9.72 Å². The van der Waals surface area contributed by atoms with Gasteiger partial charge in [0, 0.05) is 5.56 Å². The van der Waals surface area contributed by atoms with Crippen molar-refractivity contribution in [2.75, 3.05) is 0 Å². The Bertz CT molecular complexity index is 2260. The van der Waals surface area contributed by atoms with Crippen LogP contribution >= 0.6 is 0 Å². The van der Waals surface area contributed by atoms with Crippen molar-refractivity contribution in [1.29, 1.82) is 0 Å². The molecule has 0 saturated heterocycles. The summed E-state index contributed by atoms with van der Waals surface area (Å²) in [7, 11) is 0. The summed E-state index contributed by atoms with van der Waals surface area (Å²) in [6.45, 7) is 0. The fourth-order valence-electron chi connectivity index (χ4n) is 6.60. The average molecular weight is 537 g/mol. The minimum absolute atomic E-state index is 0.820. The van der Waals surface area contributed by atoms with E-state index in [0.29, 0.717) is 0 Å². The predicted octanol–water partition coefficient (Wildman–Crippen LogP) is 10.4. The second-order valence-electron chi connectivity index (χ2n) is 10.8. The van der Waals surface area contributed by atoms with Crippen molar-refractivity contribution in [2.45, 2.75) is 0 Å². The summed E-state index contributed by atoms with van der Waals surface area (Å²) in [5.74, 6) is 2.56. The minimum Gasteiger partial charge on any atom is -0.453 e. The lowest BCUT2D eigenvalue weighted by atomic mass is 9.86. The summed E-state index contributed by atoms with van der Waals surface area (Å²) in [4.78, 5) is 5.04. The van der Waals surface area contributed by atoms with Crippen molar-refractivity contribution < 1.29 is 4.74 Å². The molecule has 196 valence electrons. The number of imidazole rings is 1. The molecule has 0 amide bonds. The molecule has 42 heavy (non-hydrogen) atoms. The maximum absolute atomic E-state index is 6.62. The van der Waals surface area contributed by atoms with Crippen LogP contribution in [0.25, 0.3) is 71.9 Å². The molecule has 3 nitrogen and oxygen atoms in total. The van der Waals surface area contributed by atoms with Gasteiger partial charge in [0.15, 0.2) is 11.5 Å². The molecule has 1 aliphatic rings. The molecule has 0 saturated carbocycles. The van der Waals surface area contributed by atoms with Crippen LogP contribution in [0.1, 0.15) is 0 Å². The first-order valence-electron chi connectivity index (χ1n) is 14.2. The minimum atomic E-state index is 0.820. The standard InChI is InChI=1S/C39H24N2O/c1-3-12-25(13-4-1)36-28-16-7-9-18-30(28)37(31-19-10-8-17-29(31)36)27-22-23-33-35(24-27)42-34-21-11-20-32-38(34)41(33)39(40-32)26-14-5-2-6-15-26/h1-24H. The molecule has 0 N–H and O–H groups in total. The molecule has 0 aliphatic carbocycles. The Morgan fingerprint density at radius 3 is 1.67 bits per heavy atom. The first-order valence-corrected chi connectivity index (χ1v) is 14.2. The van der Waals surface area contributed by atoms with Crippen LogP contribution in [0.2, 0.25) is 0 Å². The van der Waals surface area contributed by atoms with Crippen LogP contribution in [0.4, 0.5) is 0 Å². The molecular weight excluding hydrogens is 512 g/mol. The number of hydrogen-bond acceptors (Lipinski definition) is 2. The third-order valence-electron chi connectivity index (χ3n) is 8.37. The maximum Gasteiger partial charge on any atom is 0.153 e. The quantitative estimate of drug-likeness (QED) is 0.210. The summed E-state index contributed by atoms with van der Waals surface area (Å²) in [5.41, 5.74) is 8.82. The van der Waals surface area contributed by atoms with Gasteiger partial charge in [-0.3, -0.25) is 4.57 Å².